The van der Waals surface area contributed by atoms with E-state index < -0.39 is 6.04 Å². The van der Waals surface area contributed by atoms with E-state index >= 15 is 0 Å². The second-order valence-corrected chi connectivity index (χ2v) is 7.66. The smallest absolute Gasteiger partial charge is 0.242 e. The Labute approximate surface area is 179 Å². The number of carbonyl (C=O) groups excluding carboxylic acids is 2. The van der Waals surface area contributed by atoms with Crippen molar-refractivity contribution in [1.29, 1.82) is 0 Å². The van der Waals surface area contributed by atoms with Crippen LogP contribution in [-0.4, -0.2) is 29.3 Å². The number of amides is 2. The third kappa shape index (κ3) is 6.60. The van der Waals surface area contributed by atoms with Gasteiger partial charge in [0.05, 0.1) is 0 Å². The van der Waals surface area contributed by atoms with Gasteiger partial charge in [-0.3, -0.25) is 9.59 Å². The van der Waals surface area contributed by atoms with Crippen molar-refractivity contribution in [3.05, 3.63) is 70.2 Å². The molecule has 0 saturated carbocycles. The van der Waals surface area contributed by atoms with Crippen molar-refractivity contribution in [2.45, 2.75) is 59.0 Å². The third-order valence-corrected chi connectivity index (χ3v) is 5.47. The van der Waals surface area contributed by atoms with E-state index in [1.54, 1.807) is 4.90 Å². The number of aryl methyl sites for hydroxylation is 2. The number of nitrogens with zero attached hydrogens (tertiary/aromatic N) is 1. The van der Waals surface area contributed by atoms with Gasteiger partial charge in [0.25, 0.3) is 0 Å². The first-order valence-corrected chi connectivity index (χ1v) is 10.7. The fraction of sp³-hybridized carbons (Fsp3) is 0.417. The normalized spacial score (nSPS) is 11.7. The molecule has 0 aliphatic carbocycles. The number of nitrogens with one attached hydrogen (secondary N) is 1. The third-order valence-electron chi connectivity index (χ3n) is 5.10. The van der Waals surface area contributed by atoms with E-state index in [0.29, 0.717) is 37.4 Å². The van der Waals surface area contributed by atoms with E-state index in [9.17, 15) is 9.59 Å². The van der Waals surface area contributed by atoms with E-state index in [1.165, 1.54) is 0 Å². The summed E-state index contributed by atoms with van der Waals surface area (Å²) in [4.78, 5) is 27.7. The van der Waals surface area contributed by atoms with E-state index in [-0.39, 0.29) is 11.8 Å². The van der Waals surface area contributed by atoms with Gasteiger partial charge in [0.1, 0.15) is 6.04 Å². The molecule has 0 heterocycles. The van der Waals surface area contributed by atoms with Gasteiger partial charge in [0.2, 0.25) is 11.8 Å². The van der Waals surface area contributed by atoms with Crippen LogP contribution in [0.25, 0.3) is 0 Å². The molecular formula is C24H31ClN2O2. The van der Waals surface area contributed by atoms with Crippen LogP contribution in [0.3, 0.4) is 0 Å². The predicted octanol–water partition coefficient (Wildman–Crippen LogP) is 4.91. The first-order valence-electron chi connectivity index (χ1n) is 10.3. The average Bonchev–Trinajstić information content (AvgIpc) is 2.72. The highest BCUT2D eigenvalue weighted by Crippen LogP contribution is 2.20. The fourth-order valence-corrected chi connectivity index (χ4v) is 3.57. The molecule has 2 rings (SSSR count). The van der Waals surface area contributed by atoms with Crippen molar-refractivity contribution in [2.24, 2.45) is 0 Å². The highest BCUT2D eigenvalue weighted by Gasteiger charge is 2.28. The standard InChI is InChI=1S/C24H31ClN2O2/c1-4-16-26-24(29)22(5-2)27(17-20-12-7-6-10-18(20)3)23(28)15-14-19-11-8-9-13-21(19)25/h6-13,22H,4-5,14-17H2,1-3H3,(H,26,29)/t22-/m1/s1. The zero-order valence-corrected chi connectivity index (χ0v) is 18.3. The minimum Gasteiger partial charge on any atom is -0.354 e. The summed E-state index contributed by atoms with van der Waals surface area (Å²) >= 11 is 6.25. The molecule has 0 aromatic heterocycles. The molecular weight excluding hydrogens is 384 g/mol. The highest BCUT2D eigenvalue weighted by atomic mass is 35.5. The SMILES string of the molecule is CCCNC(=O)[C@@H](CC)N(Cc1ccccc1C)C(=O)CCc1ccccc1Cl. The lowest BCUT2D eigenvalue weighted by Gasteiger charge is -2.31. The van der Waals surface area contributed by atoms with Crippen LogP contribution in [0.1, 0.15) is 49.8 Å². The van der Waals surface area contributed by atoms with Gasteiger partial charge in [-0.25, -0.2) is 0 Å². The molecule has 2 aromatic carbocycles. The van der Waals surface area contributed by atoms with E-state index in [4.69, 9.17) is 11.6 Å². The number of rotatable bonds is 10. The summed E-state index contributed by atoms with van der Waals surface area (Å²) < 4.78 is 0. The number of hydrogen-bond acceptors (Lipinski definition) is 2. The summed E-state index contributed by atoms with van der Waals surface area (Å²) in [6.07, 6.45) is 2.29. The summed E-state index contributed by atoms with van der Waals surface area (Å²) in [7, 11) is 0. The Morgan fingerprint density at radius 3 is 2.31 bits per heavy atom. The van der Waals surface area contributed by atoms with Gasteiger partial charge in [-0.05, 0) is 48.9 Å². The number of hydrogen-bond donors (Lipinski definition) is 1. The molecule has 0 spiro atoms. The Bertz CT molecular complexity index is 822. The van der Waals surface area contributed by atoms with Crippen molar-refractivity contribution in [3.63, 3.8) is 0 Å². The van der Waals surface area contributed by atoms with Crippen molar-refractivity contribution >= 4 is 23.4 Å². The van der Waals surface area contributed by atoms with Gasteiger partial charge in [-0.2, -0.15) is 0 Å². The summed E-state index contributed by atoms with van der Waals surface area (Å²) in [5, 5.41) is 3.61. The fourth-order valence-electron chi connectivity index (χ4n) is 3.34. The molecule has 4 nitrogen and oxygen atoms in total. The molecule has 2 amide bonds. The molecule has 29 heavy (non-hydrogen) atoms. The van der Waals surface area contributed by atoms with Crippen LogP contribution in [-0.2, 0) is 22.6 Å². The maximum atomic E-state index is 13.2. The molecule has 156 valence electrons. The van der Waals surface area contributed by atoms with Gasteiger partial charge in [-0.15, -0.1) is 0 Å². The van der Waals surface area contributed by atoms with Crippen LogP contribution in [0, 0.1) is 6.92 Å². The molecule has 0 bridgehead atoms. The largest absolute Gasteiger partial charge is 0.354 e. The minimum atomic E-state index is -0.486. The first-order chi connectivity index (χ1) is 14.0. The Hall–Kier alpha value is -2.33. The molecule has 0 fully saturated rings. The summed E-state index contributed by atoms with van der Waals surface area (Å²) in [6.45, 7) is 7.02. The van der Waals surface area contributed by atoms with Crippen molar-refractivity contribution in [3.8, 4) is 0 Å². The van der Waals surface area contributed by atoms with Crippen LogP contribution >= 0.6 is 11.6 Å². The topological polar surface area (TPSA) is 49.4 Å². The molecule has 0 radical (unpaired) electrons. The molecule has 1 N–H and O–H groups in total. The highest BCUT2D eigenvalue weighted by molar-refractivity contribution is 6.31. The van der Waals surface area contributed by atoms with Gasteiger partial charge in [0.15, 0.2) is 0 Å². The Morgan fingerprint density at radius 1 is 1.03 bits per heavy atom. The summed E-state index contributed by atoms with van der Waals surface area (Å²) in [5.74, 6) is -0.124. The van der Waals surface area contributed by atoms with Crippen molar-refractivity contribution < 1.29 is 9.59 Å². The number of carbonyl (C=O) groups is 2. The Kier molecular flexibility index (Phi) is 9.20. The van der Waals surface area contributed by atoms with Crippen LogP contribution in [0.2, 0.25) is 5.02 Å². The quantitative estimate of drug-likeness (QED) is 0.600. The lowest BCUT2D eigenvalue weighted by molar-refractivity contribution is -0.141. The Balaban J connectivity index is 2.22. The lowest BCUT2D eigenvalue weighted by atomic mass is 10.0. The monoisotopic (exact) mass is 414 g/mol. The predicted molar refractivity (Wildman–Crippen MR) is 119 cm³/mol. The summed E-state index contributed by atoms with van der Waals surface area (Å²) in [5.41, 5.74) is 3.11. The molecule has 0 aliphatic rings. The second kappa shape index (κ2) is 11.6. The molecule has 0 saturated heterocycles. The van der Waals surface area contributed by atoms with Gasteiger partial charge >= 0.3 is 0 Å². The lowest BCUT2D eigenvalue weighted by Crippen LogP contribution is -2.49. The zero-order chi connectivity index (χ0) is 21.2. The van der Waals surface area contributed by atoms with Crippen LogP contribution in [0.5, 0.6) is 0 Å². The van der Waals surface area contributed by atoms with Crippen LogP contribution in [0.15, 0.2) is 48.5 Å². The van der Waals surface area contributed by atoms with Gasteiger partial charge in [0, 0.05) is 24.5 Å². The zero-order valence-electron chi connectivity index (χ0n) is 17.6. The first kappa shape index (κ1) is 23.0. The molecule has 0 unspecified atom stereocenters. The molecule has 1 atom stereocenters. The second-order valence-electron chi connectivity index (χ2n) is 7.25. The maximum Gasteiger partial charge on any atom is 0.242 e. The van der Waals surface area contributed by atoms with Gasteiger partial charge < -0.3 is 10.2 Å². The van der Waals surface area contributed by atoms with E-state index in [0.717, 1.165) is 23.1 Å². The maximum absolute atomic E-state index is 13.2. The van der Waals surface area contributed by atoms with Gasteiger partial charge in [-0.1, -0.05) is 67.9 Å². The molecule has 0 aliphatic heterocycles. The number of halogens is 1. The molecule has 2 aromatic rings. The van der Waals surface area contributed by atoms with E-state index in [1.807, 2.05) is 69.3 Å². The Morgan fingerprint density at radius 2 is 1.69 bits per heavy atom. The van der Waals surface area contributed by atoms with Crippen LogP contribution < -0.4 is 5.32 Å². The number of benzene rings is 2. The minimum absolute atomic E-state index is 0.0355. The van der Waals surface area contributed by atoms with Crippen LogP contribution in [0.4, 0.5) is 0 Å². The molecule has 5 heteroatoms. The van der Waals surface area contributed by atoms with E-state index in [2.05, 4.69) is 5.32 Å². The summed E-state index contributed by atoms with van der Waals surface area (Å²) in [6, 6.07) is 15.1. The van der Waals surface area contributed by atoms with Crippen molar-refractivity contribution in [1.82, 2.24) is 10.2 Å². The average molecular weight is 415 g/mol. The van der Waals surface area contributed by atoms with Crippen molar-refractivity contribution in [2.75, 3.05) is 6.54 Å².